The summed E-state index contributed by atoms with van der Waals surface area (Å²) in [5, 5.41) is 14.2. The van der Waals surface area contributed by atoms with Gasteiger partial charge in [0.05, 0.1) is 0 Å². The predicted octanol–water partition coefficient (Wildman–Crippen LogP) is 2.33. The maximum atomic E-state index is 12.2. The van der Waals surface area contributed by atoms with Crippen LogP contribution in [0.2, 0.25) is 0 Å². The molecule has 1 aromatic rings. The summed E-state index contributed by atoms with van der Waals surface area (Å²) < 4.78 is 5.36. The highest BCUT2D eigenvalue weighted by Crippen LogP contribution is 2.25. The van der Waals surface area contributed by atoms with Gasteiger partial charge in [-0.25, -0.2) is 0 Å². The molecule has 0 heterocycles. The lowest BCUT2D eigenvalue weighted by Gasteiger charge is -2.20. The van der Waals surface area contributed by atoms with Crippen molar-refractivity contribution in [1.29, 1.82) is 0 Å². The number of nitrogens with one attached hydrogen (secondary N) is 1. The molecular formula is C15H21N3O3. The number of carbonyl (C=O) groups is 1. The van der Waals surface area contributed by atoms with Crippen LogP contribution in [0.4, 0.5) is 5.69 Å². The van der Waals surface area contributed by atoms with Gasteiger partial charge in [-0.3, -0.25) is 4.79 Å². The smallest absolute Gasteiger partial charge is 0.227 e. The van der Waals surface area contributed by atoms with Crippen molar-refractivity contribution in [2.24, 2.45) is 16.8 Å². The third-order valence-electron chi connectivity index (χ3n) is 3.59. The van der Waals surface area contributed by atoms with Gasteiger partial charge in [-0.15, -0.1) is 0 Å². The summed E-state index contributed by atoms with van der Waals surface area (Å²) >= 11 is 0. The zero-order valence-electron chi connectivity index (χ0n) is 11.9. The van der Waals surface area contributed by atoms with Gasteiger partial charge < -0.3 is 21.0 Å². The van der Waals surface area contributed by atoms with E-state index in [1.54, 1.807) is 18.2 Å². The molecular weight excluding hydrogens is 270 g/mol. The molecule has 0 unspecified atom stereocenters. The van der Waals surface area contributed by atoms with Crippen LogP contribution >= 0.6 is 0 Å². The number of amidine groups is 1. The van der Waals surface area contributed by atoms with Crippen LogP contribution in [0.25, 0.3) is 0 Å². The van der Waals surface area contributed by atoms with Crippen molar-refractivity contribution in [3.05, 3.63) is 24.3 Å². The Bertz CT molecular complexity index is 511. The van der Waals surface area contributed by atoms with E-state index in [2.05, 4.69) is 10.5 Å². The van der Waals surface area contributed by atoms with E-state index in [0.717, 1.165) is 25.7 Å². The van der Waals surface area contributed by atoms with Crippen molar-refractivity contribution in [2.75, 3.05) is 11.9 Å². The average Bonchev–Trinajstić information content (AvgIpc) is 2.53. The fourth-order valence-corrected chi connectivity index (χ4v) is 2.46. The number of hydrogen-bond acceptors (Lipinski definition) is 4. The van der Waals surface area contributed by atoms with Crippen molar-refractivity contribution in [2.45, 2.75) is 32.1 Å². The van der Waals surface area contributed by atoms with Crippen LogP contribution in [-0.4, -0.2) is 23.6 Å². The molecule has 1 aliphatic rings. The zero-order valence-corrected chi connectivity index (χ0v) is 11.9. The quantitative estimate of drug-likeness (QED) is 0.336. The summed E-state index contributed by atoms with van der Waals surface area (Å²) in [6, 6.07) is 7.08. The van der Waals surface area contributed by atoms with Crippen LogP contribution in [0.5, 0.6) is 5.75 Å². The average molecular weight is 291 g/mol. The largest absolute Gasteiger partial charge is 0.485 e. The van der Waals surface area contributed by atoms with Crippen LogP contribution in [0.1, 0.15) is 32.1 Å². The number of rotatable bonds is 5. The molecule has 0 aliphatic heterocycles. The van der Waals surface area contributed by atoms with Crippen molar-refractivity contribution in [3.8, 4) is 5.75 Å². The highest BCUT2D eigenvalue weighted by molar-refractivity contribution is 5.92. The second kappa shape index (κ2) is 7.52. The molecule has 6 nitrogen and oxygen atoms in total. The molecule has 114 valence electrons. The van der Waals surface area contributed by atoms with E-state index in [4.69, 9.17) is 15.7 Å². The standard InChI is InChI=1S/C15H21N3O3/c16-14(18-20)10-21-13-8-4-7-12(9-13)17-15(19)11-5-2-1-3-6-11/h4,7-9,11,20H,1-3,5-6,10H2,(H2,16,18)(H,17,19). The minimum absolute atomic E-state index is 0.00345. The van der Waals surface area contributed by atoms with Crippen LogP contribution in [0.15, 0.2) is 29.4 Å². The zero-order chi connectivity index (χ0) is 15.1. The molecule has 1 fully saturated rings. The first-order valence-electron chi connectivity index (χ1n) is 7.19. The van der Waals surface area contributed by atoms with Gasteiger partial charge in [0.25, 0.3) is 0 Å². The topological polar surface area (TPSA) is 96.9 Å². The first kappa shape index (κ1) is 15.2. The molecule has 0 atom stereocenters. The van der Waals surface area contributed by atoms with Crippen molar-refractivity contribution >= 4 is 17.4 Å². The van der Waals surface area contributed by atoms with Crippen molar-refractivity contribution in [3.63, 3.8) is 0 Å². The van der Waals surface area contributed by atoms with Crippen LogP contribution in [0.3, 0.4) is 0 Å². The van der Waals surface area contributed by atoms with Gasteiger partial charge in [-0.2, -0.15) is 0 Å². The molecule has 0 aromatic heterocycles. The lowest BCUT2D eigenvalue weighted by molar-refractivity contribution is -0.120. The molecule has 1 aromatic carbocycles. The molecule has 6 heteroatoms. The van der Waals surface area contributed by atoms with E-state index in [1.807, 2.05) is 6.07 Å². The minimum atomic E-state index is -0.00774. The normalized spacial score (nSPS) is 16.5. The van der Waals surface area contributed by atoms with Gasteiger partial charge in [0.2, 0.25) is 5.91 Å². The second-order valence-corrected chi connectivity index (χ2v) is 5.23. The molecule has 0 spiro atoms. The molecule has 2 rings (SSSR count). The molecule has 0 radical (unpaired) electrons. The van der Waals surface area contributed by atoms with Gasteiger partial charge in [-0.1, -0.05) is 30.5 Å². The monoisotopic (exact) mass is 291 g/mol. The van der Waals surface area contributed by atoms with Gasteiger partial charge in [0, 0.05) is 17.7 Å². The Morgan fingerprint density at radius 3 is 2.86 bits per heavy atom. The lowest BCUT2D eigenvalue weighted by Crippen LogP contribution is -2.24. The molecule has 0 bridgehead atoms. The van der Waals surface area contributed by atoms with E-state index in [-0.39, 0.29) is 24.3 Å². The molecule has 1 saturated carbocycles. The first-order chi connectivity index (χ1) is 10.2. The number of nitrogens with two attached hydrogens (primary N) is 1. The minimum Gasteiger partial charge on any atom is -0.485 e. The van der Waals surface area contributed by atoms with E-state index in [1.165, 1.54) is 6.42 Å². The summed E-state index contributed by atoms with van der Waals surface area (Å²) in [6.07, 6.45) is 5.40. The van der Waals surface area contributed by atoms with E-state index in [9.17, 15) is 4.79 Å². The second-order valence-electron chi connectivity index (χ2n) is 5.23. The molecule has 4 N–H and O–H groups in total. The molecule has 21 heavy (non-hydrogen) atoms. The molecule has 0 saturated heterocycles. The lowest BCUT2D eigenvalue weighted by atomic mass is 9.88. The number of carbonyl (C=O) groups excluding carboxylic acids is 1. The van der Waals surface area contributed by atoms with Crippen LogP contribution < -0.4 is 15.8 Å². The number of ether oxygens (including phenoxy) is 1. The Hall–Kier alpha value is -2.24. The number of nitrogens with zero attached hydrogens (tertiary/aromatic N) is 1. The van der Waals surface area contributed by atoms with Gasteiger partial charge >= 0.3 is 0 Å². The Morgan fingerprint density at radius 2 is 2.14 bits per heavy atom. The summed E-state index contributed by atoms with van der Waals surface area (Å²) in [7, 11) is 0. The number of benzene rings is 1. The molecule has 1 aliphatic carbocycles. The molecule has 1 amide bonds. The van der Waals surface area contributed by atoms with E-state index >= 15 is 0 Å². The Balaban J connectivity index is 1.92. The SMILES string of the molecule is N/C(COc1cccc(NC(=O)C2CCCCC2)c1)=N\O. The van der Waals surface area contributed by atoms with Crippen molar-refractivity contribution in [1.82, 2.24) is 0 Å². The Morgan fingerprint density at radius 1 is 1.38 bits per heavy atom. The maximum absolute atomic E-state index is 12.2. The number of oxime groups is 1. The summed E-state index contributed by atoms with van der Waals surface area (Å²) in [5.74, 6) is 0.735. The third-order valence-corrected chi connectivity index (χ3v) is 3.59. The summed E-state index contributed by atoms with van der Waals surface area (Å²) in [6.45, 7) is -0.00345. The highest BCUT2D eigenvalue weighted by atomic mass is 16.5. The Kier molecular flexibility index (Phi) is 5.43. The number of amides is 1. The van der Waals surface area contributed by atoms with E-state index < -0.39 is 0 Å². The number of hydrogen-bond donors (Lipinski definition) is 3. The predicted molar refractivity (Wildman–Crippen MR) is 80.6 cm³/mol. The fraction of sp³-hybridized carbons (Fsp3) is 0.467. The fourth-order valence-electron chi connectivity index (χ4n) is 2.46. The van der Waals surface area contributed by atoms with Crippen molar-refractivity contribution < 1.29 is 14.7 Å². The third kappa shape index (κ3) is 4.66. The van der Waals surface area contributed by atoms with Crippen LogP contribution in [-0.2, 0) is 4.79 Å². The van der Waals surface area contributed by atoms with Gasteiger partial charge in [0.15, 0.2) is 5.84 Å². The summed E-state index contributed by atoms with van der Waals surface area (Å²) in [4.78, 5) is 12.2. The van der Waals surface area contributed by atoms with Crippen LogP contribution in [0, 0.1) is 5.92 Å². The maximum Gasteiger partial charge on any atom is 0.227 e. The summed E-state index contributed by atoms with van der Waals surface area (Å²) in [5.41, 5.74) is 6.04. The van der Waals surface area contributed by atoms with Gasteiger partial charge in [-0.05, 0) is 25.0 Å². The first-order valence-corrected chi connectivity index (χ1v) is 7.19. The number of anilines is 1. The van der Waals surface area contributed by atoms with E-state index in [0.29, 0.717) is 11.4 Å². The van der Waals surface area contributed by atoms with Gasteiger partial charge in [0.1, 0.15) is 12.4 Å². The Labute approximate surface area is 124 Å². The highest BCUT2D eigenvalue weighted by Gasteiger charge is 2.21.